The van der Waals surface area contributed by atoms with Crippen molar-refractivity contribution in [3.05, 3.63) is 72.3 Å². The number of oxazole rings is 1. The second-order valence-electron chi connectivity index (χ2n) is 5.72. The van der Waals surface area contributed by atoms with Gasteiger partial charge >= 0.3 is 0 Å². The summed E-state index contributed by atoms with van der Waals surface area (Å²) in [4.78, 5) is 8.96. The van der Waals surface area contributed by atoms with E-state index in [0.717, 1.165) is 22.5 Å². The first kappa shape index (κ1) is 15.9. The van der Waals surface area contributed by atoms with Gasteiger partial charge in [0, 0.05) is 17.3 Å². The van der Waals surface area contributed by atoms with Crippen LogP contribution in [0.5, 0.6) is 11.5 Å². The molecule has 4 aromatic rings. The Morgan fingerprint density at radius 3 is 2.77 bits per heavy atom. The quantitative estimate of drug-likeness (QED) is 0.531. The summed E-state index contributed by atoms with van der Waals surface area (Å²) in [6.07, 6.45) is 1.62. The van der Waals surface area contributed by atoms with Gasteiger partial charge in [-0.05, 0) is 48.5 Å². The monoisotopic (exact) mass is 344 g/mol. The Bertz CT molecular complexity index is 1100. The number of phenolic OH excluding ortho intramolecular Hbond substituents is 1. The fourth-order valence-electron chi connectivity index (χ4n) is 2.62. The molecule has 128 valence electrons. The average Bonchev–Trinajstić information content (AvgIpc) is 3.11. The van der Waals surface area contributed by atoms with Gasteiger partial charge in [-0.2, -0.15) is 0 Å². The van der Waals surface area contributed by atoms with Crippen LogP contribution in [0.25, 0.3) is 22.6 Å². The highest BCUT2D eigenvalue weighted by Crippen LogP contribution is 2.29. The summed E-state index contributed by atoms with van der Waals surface area (Å²) in [5.74, 6) is 1.47. The number of hydrogen-bond acceptors (Lipinski definition) is 5. The number of nitrogens with zero attached hydrogens (tertiary/aromatic N) is 2. The Hall–Kier alpha value is -3.60. The smallest absolute Gasteiger partial charge is 0.227 e. The molecule has 0 atom stereocenters. The highest BCUT2D eigenvalue weighted by atomic mass is 16.5. The zero-order chi connectivity index (χ0) is 17.9. The summed E-state index contributed by atoms with van der Waals surface area (Å²) >= 11 is 0. The van der Waals surface area contributed by atoms with Crippen molar-refractivity contribution in [3.63, 3.8) is 0 Å². The SMILES string of the molecule is COc1cccc(-c2nc3cc(N=Cc4ccccc4O)ccc3o2)c1. The van der Waals surface area contributed by atoms with Crippen molar-refractivity contribution in [2.45, 2.75) is 0 Å². The van der Waals surface area contributed by atoms with E-state index in [0.29, 0.717) is 17.0 Å². The predicted molar refractivity (Wildman–Crippen MR) is 101 cm³/mol. The Labute approximate surface area is 150 Å². The van der Waals surface area contributed by atoms with Gasteiger partial charge < -0.3 is 14.3 Å². The first-order chi connectivity index (χ1) is 12.7. The maximum Gasteiger partial charge on any atom is 0.227 e. The zero-order valence-electron chi connectivity index (χ0n) is 14.1. The first-order valence-electron chi connectivity index (χ1n) is 8.10. The number of benzene rings is 3. The van der Waals surface area contributed by atoms with Gasteiger partial charge in [0.1, 0.15) is 17.0 Å². The molecule has 0 spiro atoms. The number of phenols is 1. The molecule has 5 heteroatoms. The minimum absolute atomic E-state index is 0.194. The van der Waals surface area contributed by atoms with Gasteiger partial charge in [0.15, 0.2) is 5.58 Å². The summed E-state index contributed by atoms with van der Waals surface area (Å²) in [6, 6.07) is 20.1. The Morgan fingerprint density at radius 1 is 1.04 bits per heavy atom. The molecule has 1 heterocycles. The van der Waals surface area contributed by atoms with Crippen molar-refractivity contribution < 1.29 is 14.3 Å². The van der Waals surface area contributed by atoms with Crippen LogP contribution in [0.4, 0.5) is 5.69 Å². The van der Waals surface area contributed by atoms with Crippen molar-refractivity contribution in [2.75, 3.05) is 7.11 Å². The van der Waals surface area contributed by atoms with Crippen LogP contribution >= 0.6 is 0 Å². The Balaban J connectivity index is 1.66. The average molecular weight is 344 g/mol. The lowest BCUT2D eigenvalue weighted by molar-refractivity contribution is 0.415. The lowest BCUT2D eigenvalue weighted by Gasteiger charge is -2.00. The van der Waals surface area contributed by atoms with Gasteiger partial charge in [-0.3, -0.25) is 4.99 Å². The fraction of sp³-hybridized carbons (Fsp3) is 0.0476. The van der Waals surface area contributed by atoms with E-state index in [1.54, 1.807) is 31.5 Å². The Morgan fingerprint density at radius 2 is 1.92 bits per heavy atom. The molecular weight excluding hydrogens is 328 g/mol. The van der Waals surface area contributed by atoms with Gasteiger partial charge in [-0.1, -0.05) is 18.2 Å². The van der Waals surface area contributed by atoms with Gasteiger partial charge in [-0.25, -0.2) is 4.98 Å². The maximum atomic E-state index is 9.80. The minimum atomic E-state index is 0.194. The zero-order valence-corrected chi connectivity index (χ0v) is 14.1. The summed E-state index contributed by atoms with van der Waals surface area (Å²) in [5, 5.41) is 9.80. The number of aromatic hydroxyl groups is 1. The van der Waals surface area contributed by atoms with Gasteiger partial charge in [-0.15, -0.1) is 0 Å². The summed E-state index contributed by atoms with van der Waals surface area (Å²) < 4.78 is 11.1. The molecule has 1 aromatic heterocycles. The normalized spacial score (nSPS) is 11.3. The number of fused-ring (bicyclic) bond motifs is 1. The maximum absolute atomic E-state index is 9.80. The number of rotatable bonds is 4. The highest BCUT2D eigenvalue weighted by Gasteiger charge is 2.09. The summed E-state index contributed by atoms with van der Waals surface area (Å²) in [6.45, 7) is 0. The van der Waals surface area contributed by atoms with Crippen LogP contribution in [0.2, 0.25) is 0 Å². The third-order valence-corrected chi connectivity index (χ3v) is 3.98. The van der Waals surface area contributed by atoms with Gasteiger partial charge in [0.2, 0.25) is 5.89 Å². The van der Waals surface area contributed by atoms with Crippen molar-refractivity contribution in [1.29, 1.82) is 0 Å². The molecule has 5 nitrogen and oxygen atoms in total. The lowest BCUT2D eigenvalue weighted by Crippen LogP contribution is -1.83. The van der Waals surface area contributed by atoms with Crippen molar-refractivity contribution in [3.8, 4) is 23.0 Å². The van der Waals surface area contributed by atoms with Crippen LogP contribution < -0.4 is 4.74 Å². The molecule has 0 fully saturated rings. The first-order valence-corrected chi connectivity index (χ1v) is 8.10. The Kier molecular flexibility index (Phi) is 4.11. The number of ether oxygens (including phenoxy) is 1. The molecule has 0 saturated carbocycles. The molecule has 0 radical (unpaired) electrons. The molecule has 0 aliphatic rings. The van der Waals surface area contributed by atoms with E-state index in [2.05, 4.69) is 9.98 Å². The third-order valence-electron chi connectivity index (χ3n) is 3.98. The van der Waals surface area contributed by atoms with E-state index in [1.807, 2.05) is 48.5 Å². The predicted octanol–water partition coefficient (Wildman–Crippen LogP) is 4.96. The van der Waals surface area contributed by atoms with E-state index in [9.17, 15) is 5.11 Å². The van der Waals surface area contributed by atoms with Crippen LogP contribution in [-0.4, -0.2) is 23.4 Å². The fourth-order valence-corrected chi connectivity index (χ4v) is 2.62. The standard InChI is InChI=1S/C21H16N2O3/c1-25-17-7-4-6-14(11-17)21-23-18-12-16(9-10-20(18)26-21)22-13-15-5-2-3-8-19(15)24/h2-13,24H,1H3. The van der Waals surface area contributed by atoms with Crippen LogP contribution in [0, 0.1) is 0 Å². The highest BCUT2D eigenvalue weighted by molar-refractivity contribution is 5.87. The minimum Gasteiger partial charge on any atom is -0.507 e. The van der Waals surface area contributed by atoms with E-state index in [4.69, 9.17) is 9.15 Å². The third kappa shape index (κ3) is 3.15. The molecule has 26 heavy (non-hydrogen) atoms. The topological polar surface area (TPSA) is 67.9 Å². The van der Waals surface area contributed by atoms with Crippen molar-refractivity contribution in [1.82, 2.24) is 4.98 Å². The molecular formula is C21H16N2O3. The largest absolute Gasteiger partial charge is 0.507 e. The molecule has 3 aromatic carbocycles. The summed E-state index contributed by atoms with van der Waals surface area (Å²) in [7, 11) is 1.62. The molecule has 0 unspecified atom stereocenters. The van der Waals surface area contributed by atoms with Crippen LogP contribution in [0.15, 0.2) is 76.1 Å². The van der Waals surface area contributed by atoms with Crippen LogP contribution in [0.1, 0.15) is 5.56 Å². The molecule has 4 rings (SSSR count). The number of para-hydroxylation sites is 1. The van der Waals surface area contributed by atoms with E-state index >= 15 is 0 Å². The van der Waals surface area contributed by atoms with E-state index in [1.165, 1.54) is 0 Å². The molecule has 1 N–H and O–H groups in total. The molecule has 0 aliphatic carbocycles. The second-order valence-corrected chi connectivity index (χ2v) is 5.72. The molecule has 0 bridgehead atoms. The molecule has 0 aliphatic heterocycles. The number of aromatic nitrogens is 1. The number of aliphatic imine (C=N–C) groups is 1. The van der Waals surface area contributed by atoms with Gasteiger partial charge in [0.05, 0.1) is 12.8 Å². The number of methoxy groups -OCH3 is 1. The molecule has 0 saturated heterocycles. The van der Waals surface area contributed by atoms with Crippen molar-refractivity contribution in [2.24, 2.45) is 4.99 Å². The second kappa shape index (κ2) is 6.72. The number of hydrogen-bond donors (Lipinski definition) is 1. The molecule has 0 amide bonds. The van der Waals surface area contributed by atoms with Crippen LogP contribution in [0.3, 0.4) is 0 Å². The summed E-state index contributed by atoms with van der Waals surface area (Å²) in [5.41, 5.74) is 3.63. The van der Waals surface area contributed by atoms with E-state index in [-0.39, 0.29) is 5.75 Å². The van der Waals surface area contributed by atoms with Gasteiger partial charge in [0.25, 0.3) is 0 Å². The van der Waals surface area contributed by atoms with Crippen molar-refractivity contribution >= 4 is 23.0 Å². The lowest BCUT2D eigenvalue weighted by atomic mass is 10.2. The van der Waals surface area contributed by atoms with E-state index < -0.39 is 0 Å². The van der Waals surface area contributed by atoms with Crippen LogP contribution in [-0.2, 0) is 0 Å².